The number of benzene rings is 1. The van der Waals surface area contributed by atoms with Crippen LogP contribution in [0.2, 0.25) is 0 Å². The van der Waals surface area contributed by atoms with Crippen LogP contribution in [0.3, 0.4) is 0 Å². The van der Waals surface area contributed by atoms with Crippen molar-refractivity contribution in [2.24, 2.45) is 7.05 Å². The number of carbonyl (C=O) groups excluding carboxylic acids is 1. The van der Waals surface area contributed by atoms with Gasteiger partial charge in [-0.15, -0.1) is 0 Å². The molecule has 4 rings (SSSR count). The normalized spacial score (nSPS) is 13.2. The Balaban J connectivity index is 1.78. The van der Waals surface area contributed by atoms with Crippen LogP contribution >= 0.6 is 0 Å². The van der Waals surface area contributed by atoms with Gasteiger partial charge in [-0.05, 0) is 24.3 Å². The predicted molar refractivity (Wildman–Crippen MR) is 88.9 cm³/mol. The van der Waals surface area contributed by atoms with Gasteiger partial charge in [-0.3, -0.25) is 9.48 Å². The summed E-state index contributed by atoms with van der Waals surface area (Å²) in [6, 6.07) is 8.88. The molecule has 3 heterocycles. The number of hydrogen-bond acceptors (Lipinski definition) is 6. The molecule has 0 spiro atoms. The third kappa shape index (κ3) is 2.83. The first-order valence-electron chi connectivity index (χ1n) is 7.87. The van der Waals surface area contributed by atoms with E-state index >= 15 is 0 Å². The first-order chi connectivity index (χ1) is 13.1. The molecule has 1 aromatic carbocycles. The summed E-state index contributed by atoms with van der Waals surface area (Å²) in [4.78, 5) is 12.9. The Morgan fingerprint density at radius 2 is 2.04 bits per heavy atom. The smallest absolute Gasteiger partial charge is 0.268 e. The van der Waals surface area contributed by atoms with Gasteiger partial charge in [-0.2, -0.15) is 15.5 Å². The van der Waals surface area contributed by atoms with Gasteiger partial charge in [0.15, 0.2) is 0 Å². The molecule has 1 aliphatic heterocycles. The van der Waals surface area contributed by atoms with Crippen molar-refractivity contribution in [3.63, 3.8) is 0 Å². The summed E-state index contributed by atoms with van der Waals surface area (Å²) >= 11 is 0. The molecule has 8 nitrogen and oxygen atoms in total. The number of nitriles is 1. The second-order valence-corrected chi connectivity index (χ2v) is 5.69. The molecular weight excluding hydrogens is 353 g/mol. The summed E-state index contributed by atoms with van der Waals surface area (Å²) in [6.45, 7) is 0. The number of aryl methyl sites for hydroxylation is 1. The molecule has 0 amide bonds. The number of ether oxygens (including phenoxy) is 2. The molecule has 0 N–H and O–H groups in total. The van der Waals surface area contributed by atoms with Gasteiger partial charge in [-0.1, -0.05) is 0 Å². The molecule has 0 aliphatic carbocycles. The van der Waals surface area contributed by atoms with Crippen LogP contribution in [0.25, 0.3) is 5.69 Å². The molecule has 27 heavy (non-hydrogen) atoms. The number of hydrogen-bond donors (Lipinski definition) is 0. The highest BCUT2D eigenvalue weighted by atomic mass is 19.1. The molecule has 134 valence electrons. The highest BCUT2D eigenvalue weighted by Crippen LogP contribution is 2.30. The average molecular weight is 365 g/mol. The summed E-state index contributed by atoms with van der Waals surface area (Å²) in [5, 5.41) is 17.3. The van der Waals surface area contributed by atoms with Gasteiger partial charge in [0.2, 0.25) is 5.78 Å². The van der Waals surface area contributed by atoms with E-state index in [9.17, 15) is 9.18 Å². The van der Waals surface area contributed by atoms with Crippen LogP contribution in [0.5, 0.6) is 0 Å². The Morgan fingerprint density at radius 3 is 2.74 bits per heavy atom. The van der Waals surface area contributed by atoms with Crippen molar-refractivity contribution >= 4 is 5.78 Å². The van der Waals surface area contributed by atoms with E-state index in [0.717, 1.165) is 0 Å². The van der Waals surface area contributed by atoms with Crippen molar-refractivity contribution in [2.75, 3.05) is 0 Å². The zero-order valence-corrected chi connectivity index (χ0v) is 14.0. The Morgan fingerprint density at radius 1 is 1.26 bits per heavy atom. The second kappa shape index (κ2) is 6.42. The first-order valence-corrected chi connectivity index (χ1v) is 7.87. The third-order valence-electron chi connectivity index (χ3n) is 4.03. The van der Waals surface area contributed by atoms with Crippen molar-refractivity contribution in [2.45, 2.75) is 6.29 Å². The summed E-state index contributed by atoms with van der Waals surface area (Å²) in [7, 11) is 1.58. The highest BCUT2D eigenvalue weighted by Gasteiger charge is 2.25. The van der Waals surface area contributed by atoms with Gasteiger partial charge >= 0.3 is 0 Å². The Bertz CT molecular complexity index is 1100. The van der Waals surface area contributed by atoms with Gasteiger partial charge in [0.25, 0.3) is 6.29 Å². The second-order valence-electron chi connectivity index (χ2n) is 5.69. The lowest BCUT2D eigenvalue weighted by molar-refractivity contribution is -0.0248. The number of nitrogens with zero attached hydrogens (tertiary/aromatic N) is 5. The highest BCUT2D eigenvalue weighted by molar-refractivity contribution is 6.07. The summed E-state index contributed by atoms with van der Waals surface area (Å²) in [5.74, 6) is -0.900. The van der Waals surface area contributed by atoms with Crippen LogP contribution < -0.4 is 0 Å². The molecule has 0 unspecified atom stereocenters. The standard InChI is InChI=1S/C18H12FN5O3/c1-23-12(10-20)9-14(22-23)17(25)16-4-5-21-24(16)15-3-2-11(19)8-13(15)18-26-6-7-27-18/h2-9,18H,1H3. The molecule has 0 fully saturated rings. The van der Waals surface area contributed by atoms with Crippen LogP contribution in [-0.2, 0) is 16.5 Å². The molecular formula is C18H12FN5O3. The average Bonchev–Trinajstić information content (AvgIpc) is 3.41. The summed E-state index contributed by atoms with van der Waals surface area (Å²) < 4.78 is 27.1. The van der Waals surface area contributed by atoms with Crippen molar-refractivity contribution in [3.05, 3.63) is 77.5 Å². The molecule has 1 aliphatic rings. The maximum Gasteiger partial charge on any atom is 0.268 e. The topological polar surface area (TPSA) is 95.0 Å². The van der Waals surface area contributed by atoms with Gasteiger partial charge < -0.3 is 9.47 Å². The molecule has 0 saturated heterocycles. The van der Waals surface area contributed by atoms with E-state index in [2.05, 4.69) is 10.2 Å². The number of ketones is 1. The van der Waals surface area contributed by atoms with Crippen LogP contribution in [0.1, 0.15) is 33.7 Å². The zero-order valence-electron chi connectivity index (χ0n) is 14.0. The minimum Gasteiger partial charge on any atom is -0.455 e. The molecule has 2 aromatic heterocycles. The molecule has 0 saturated carbocycles. The van der Waals surface area contributed by atoms with Crippen molar-refractivity contribution < 1.29 is 18.7 Å². The SMILES string of the molecule is Cn1nc(C(=O)c2ccnn2-c2ccc(F)cc2C2OC=CO2)cc1C#N. The quantitative estimate of drug-likeness (QED) is 0.659. The molecule has 0 atom stereocenters. The van der Waals surface area contributed by atoms with Gasteiger partial charge in [0.05, 0.1) is 17.4 Å². The van der Waals surface area contributed by atoms with E-state index in [1.165, 1.54) is 58.4 Å². The van der Waals surface area contributed by atoms with Crippen molar-refractivity contribution in [3.8, 4) is 11.8 Å². The lowest BCUT2D eigenvalue weighted by atomic mass is 10.1. The van der Waals surface area contributed by atoms with E-state index in [4.69, 9.17) is 14.7 Å². The Hall–Kier alpha value is -3.93. The van der Waals surface area contributed by atoms with Gasteiger partial charge in [0, 0.05) is 13.1 Å². The Labute approximate surface area is 152 Å². The van der Waals surface area contributed by atoms with Crippen LogP contribution in [0, 0.1) is 17.1 Å². The number of rotatable bonds is 4. The lowest BCUT2D eigenvalue weighted by Crippen LogP contribution is -2.14. The summed E-state index contributed by atoms with van der Waals surface area (Å²) in [5.41, 5.74) is 1.36. The van der Waals surface area contributed by atoms with E-state index in [1.807, 2.05) is 6.07 Å². The summed E-state index contributed by atoms with van der Waals surface area (Å²) in [6.07, 6.45) is 3.31. The maximum atomic E-state index is 13.8. The zero-order chi connectivity index (χ0) is 19.0. The minimum absolute atomic E-state index is 0.106. The number of carbonyl (C=O) groups is 1. The fourth-order valence-corrected chi connectivity index (χ4v) is 2.77. The van der Waals surface area contributed by atoms with E-state index in [1.54, 1.807) is 7.05 Å². The van der Waals surface area contributed by atoms with Gasteiger partial charge in [0.1, 0.15) is 41.5 Å². The fraction of sp³-hybridized carbons (Fsp3) is 0.111. The molecule has 0 bridgehead atoms. The fourth-order valence-electron chi connectivity index (χ4n) is 2.77. The molecule has 9 heteroatoms. The van der Waals surface area contributed by atoms with Crippen LogP contribution in [-0.4, -0.2) is 25.3 Å². The molecule has 3 aromatic rings. The van der Waals surface area contributed by atoms with E-state index in [0.29, 0.717) is 11.3 Å². The largest absolute Gasteiger partial charge is 0.455 e. The predicted octanol–water partition coefficient (Wildman–Crippen LogP) is 2.36. The lowest BCUT2D eigenvalue weighted by Gasteiger charge is -2.16. The Kier molecular flexibility index (Phi) is 3.93. The van der Waals surface area contributed by atoms with E-state index < -0.39 is 17.9 Å². The monoisotopic (exact) mass is 365 g/mol. The van der Waals surface area contributed by atoms with Crippen molar-refractivity contribution in [1.82, 2.24) is 19.6 Å². The van der Waals surface area contributed by atoms with Crippen LogP contribution in [0.15, 0.2) is 49.1 Å². The third-order valence-corrected chi connectivity index (χ3v) is 4.03. The van der Waals surface area contributed by atoms with E-state index in [-0.39, 0.29) is 17.1 Å². The molecule has 0 radical (unpaired) electrons. The maximum absolute atomic E-state index is 13.8. The number of aromatic nitrogens is 4. The number of halogens is 1. The van der Waals surface area contributed by atoms with Gasteiger partial charge in [-0.25, -0.2) is 9.07 Å². The van der Waals surface area contributed by atoms with Crippen LogP contribution in [0.4, 0.5) is 4.39 Å². The minimum atomic E-state index is -0.845. The van der Waals surface area contributed by atoms with Crippen molar-refractivity contribution in [1.29, 1.82) is 5.26 Å². The first kappa shape index (κ1) is 16.5.